The first-order chi connectivity index (χ1) is 8.81. The molecule has 1 nitrogen and oxygen atoms in total. The van der Waals surface area contributed by atoms with Gasteiger partial charge in [-0.25, -0.2) is 0 Å². The van der Waals surface area contributed by atoms with E-state index in [1.54, 1.807) is 0 Å². The summed E-state index contributed by atoms with van der Waals surface area (Å²) < 4.78 is 0. The van der Waals surface area contributed by atoms with Gasteiger partial charge in [0.1, 0.15) is 0 Å². The van der Waals surface area contributed by atoms with Crippen LogP contribution in [0.2, 0.25) is 0 Å². The lowest BCUT2D eigenvalue weighted by Crippen LogP contribution is -2.22. The van der Waals surface area contributed by atoms with Gasteiger partial charge in [-0.1, -0.05) is 38.1 Å². The average molecular weight is 243 g/mol. The molecule has 18 heavy (non-hydrogen) atoms. The topological polar surface area (TPSA) is 12.0 Å². The van der Waals surface area contributed by atoms with Gasteiger partial charge in [0.15, 0.2) is 0 Å². The Morgan fingerprint density at radius 3 is 2.44 bits per heavy atom. The SMILES string of the molecule is CC#CCCC(NCCC)c1ccc(CC)cc1. The molecule has 1 aromatic carbocycles. The first-order valence-electron chi connectivity index (χ1n) is 7.03. The lowest BCUT2D eigenvalue weighted by atomic mass is 10.00. The van der Waals surface area contributed by atoms with E-state index in [-0.39, 0.29) is 0 Å². The Morgan fingerprint density at radius 1 is 1.17 bits per heavy atom. The van der Waals surface area contributed by atoms with Crippen molar-refractivity contribution in [2.75, 3.05) is 6.54 Å². The van der Waals surface area contributed by atoms with Crippen LogP contribution in [0, 0.1) is 11.8 Å². The third-order valence-corrected chi connectivity index (χ3v) is 3.17. The maximum Gasteiger partial charge on any atom is 0.0329 e. The normalized spacial score (nSPS) is 11.7. The Bertz CT molecular complexity index is 380. The standard InChI is InChI=1S/C17H25N/c1-4-7-8-9-17(18-14-5-2)16-12-10-15(6-3)11-13-16/h10-13,17-18H,5-6,8-9,14H2,1-3H3. The summed E-state index contributed by atoms with van der Waals surface area (Å²) in [4.78, 5) is 0. The highest BCUT2D eigenvalue weighted by Gasteiger charge is 2.09. The highest BCUT2D eigenvalue weighted by molar-refractivity contribution is 5.25. The Labute approximate surface area is 112 Å². The van der Waals surface area contributed by atoms with Crippen molar-refractivity contribution in [2.45, 2.75) is 52.5 Å². The first kappa shape index (κ1) is 14.8. The molecule has 0 fully saturated rings. The molecular weight excluding hydrogens is 218 g/mol. The minimum absolute atomic E-state index is 0.441. The van der Waals surface area contributed by atoms with Crippen molar-refractivity contribution >= 4 is 0 Å². The molecule has 0 aliphatic carbocycles. The lowest BCUT2D eigenvalue weighted by Gasteiger charge is -2.18. The molecule has 0 heterocycles. The molecule has 0 saturated heterocycles. The van der Waals surface area contributed by atoms with Crippen LogP contribution in [-0.2, 0) is 6.42 Å². The van der Waals surface area contributed by atoms with Gasteiger partial charge in [0.2, 0.25) is 0 Å². The largest absolute Gasteiger partial charge is 0.310 e. The van der Waals surface area contributed by atoms with Gasteiger partial charge in [-0.2, -0.15) is 0 Å². The van der Waals surface area contributed by atoms with Crippen molar-refractivity contribution in [1.29, 1.82) is 0 Å². The summed E-state index contributed by atoms with van der Waals surface area (Å²) in [6, 6.07) is 9.43. The number of hydrogen-bond donors (Lipinski definition) is 1. The van der Waals surface area contributed by atoms with Crippen molar-refractivity contribution in [3.8, 4) is 11.8 Å². The Morgan fingerprint density at radius 2 is 1.89 bits per heavy atom. The summed E-state index contributed by atoms with van der Waals surface area (Å²) >= 11 is 0. The Balaban J connectivity index is 2.68. The first-order valence-corrected chi connectivity index (χ1v) is 7.03. The van der Waals surface area contributed by atoms with E-state index in [1.807, 2.05) is 6.92 Å². The fraction of sp³-hybridized carbons (Fsp3) is 0.529. The zero-order chi connectivity index (χ0) is 13.2. The summed E-state index contributed by atoms with van der Waals surface area (Å²) in [6.07, 6.45) is 4.33. The molecular formula is C17H25N. The minimum Gasteiger partial charge on any atom is -0.310 e. The van der Waals surface area contributed by atoms with E-state index < -0.39 is 0 Å². The Hall–Kier alpha value is -1.26. The monoisotopic (exact) mass is 243 g/mol. The molecule has 1 aromatic rings. The number of benzene rings is 1. The number of hydrogen-bond acceptors (Lipinski definition) is 1. The van der Waals surface area contributed by atoms with E-state index in [2.05, 4.69) is 55.3 Å². The summed E-state index contributed by atoms with van der Waals surface area (Å²) in [6.45, 7) is 7.37. The molecule has 1 unspecified atom stereocenters. The fourth-order valence-corrected chi connectivity index (χ4v) is 2.03. The lowest BCUT2D eigenvalue weighted by molar-refractivity contribution is 0.505. The zero-order valence-electron chi connectivity index (χ0n) is 11.9. The molecule has 0 aliphatic rings. The Kier molecular flexibility index (Phi) is 7.22. The van der Waals surface area contributed by atoms with Crippen molar-refractivity contribution in [1.82, 2.24) is 5.32 Å². The molecule has 1 heteroatoms. The zero-order valence-corrected chi connectivity index (χ0v) is 11.9. The number of rotatable bonds is 7. The number of aryl methyl sites for hydroxylation is 1. The van der Waals surface area contributed by atoms with Crippen LogP contribution >= 0.6 is 0 Å². The second-order valence-corrected chi connectivity index (χ2v) is 4.57. The van der Waals surface area contributed by atoms with Crippen LogP contribution < -0.4 is 5.32 Å². The molecule has 0 bridgehead atoms. The third kappa shape index (κ3) is 4.94. The van der Waals surface area contributed by atoms with Gasteiger partial charge in [-0.15, -0.1) is 11.8 Å². The molecule has 0 aromatic heterocycles. The maximum atomic E-state index is 3.61. The molecule has 0 radical (unpaired) electrons. The van der Waals surface area contributed by atoms with E-state index in [0.717, 1.165) is 25.8 Å². The van der Waals surface area contributed by atoms with Crippen LogP contribution in [0.1, 0.15) is 57.2 Å². The average Bonchev–Trinajstić information content (AvgIpc) is 2.43. The van der Waals surface area contributed by atoms with E-state index in [9.17, 15) is 0 Å². The van der Waals surface area contributed by atoms with E-state index in [0.29, 0.717) is 6.04 Å². The van der Waals surface area contributed by atoms with Crippen LogP contribution in [0.15, 0.2) is 24.3 Å². The quantitative estimate of drug-likeness (QED) is 0.711. The molecule has 1 atom stereocenters. The molecule has 1 rings (SSSR count). The van der Waals surface area contributed by atoms with Gasteiger partial charge in [0.25, 0.3) is 0 Å². The van der Waals surface area contributed by atoms with Crippen molar-refractivity contribution in [3.05, 3.63) is 35.4 Å². The van der Waals surface area contributed by atoms with Crippen LogP contribution in [0.4, 0.5) is 0 Å². The van der Waals surface area contributed by atoms with Crippen LogP contribution in [-0.4, -0.2) is 6.54 Å². The van der Waals surface area contributed by atoms with E-state index in [4.69, 9.17) is 0 Å². The highest BCUT2D eigenvalue weighted by Crippen LogP contribution is 2.19. The van der Waals surface area contributed by atoms with Crippen LogP contribution in [0.25, 0.3) is 0 Å². The van der Waals surface area contributed by atoms with E-state index >= 15 is 0 Å². The maximum absolute atomic E-state index is 3.61. The van der Waals surface area contributed by atoms with Crippen LogP contribution in [0.5, 0.6) is 0 Å². The van der Waals surface area contributed by atoms with Gasteiger partial charge in [-0.05, 0) is 43.9 Å². The minimum atomic E-state index is 0.441. The fourth-order valence-electron chi connectivity index (χ4n) is 2.03. The summed E-state index contributed by atoms with van der Waals surface area (Å²) in [7, 11) is 0. The molecule has 0 amide bonds. The van der Waals surface area contributed by atoms with Gasteiger partial charge >= 0.3 is 0 Å². The van der Waals surface area contributed by atoms with Crippen molar-refractivity contribution in [3.63, 3.8) is 0 Å². The van der Waals surface area contributed by atoms with Gasteiger partial charge < -0.3 is 5.32 Å². The highest BCUT2D eigenvalue weighted by atomic mass is 14.9. The van der Waals surface area contributed by atoms with Gasteiger partial charge in [0, 0.05) is 12.5 Å². The summed E-state index contributed by atoms with van der Waals surface area (Å²) in [5.74, 6) is 6.13. The smallest absolute Gasteiger partial charge is 0.0329 e. The van der Waals surface area contributed by atoms with Crippen molar-refractivity contribution in [2.24, 2.45) is 0 Å². The van der Waals surface area contributed by atoms with Gasteiger partial charge in [0.05, 0.1) is 0 Å². The number of nitrogens with one attached hydrogen (secondary N) is 1. The molecule has 0 spiro atoms. The molecule has 0 saturated carbocycles. The van der Waals surface area contributed by atoms with E-state index in [1.165, 1.54) is 17.5 Å². The third-order valence-electron chi connectivity index (χ3n) is 3.17. The second-order valence-electron chi connectivity index (χ2n) is 4.57. The van der Waals surface area contributed by atoms with Gasteiger partial charge in [-0.3, -0.25) is 0 Å². The predicted octanol–water partition coefficient (Wildman–Crippen LogP) is 4.09. The second kappa shape index (κ2) is 8.78. The molecule has 1 N–H and O–H groups in total. The summed E-state index contributed by atoms with van der Waals surface area (Å²) in [5, 5.41) is 3.61. The predicted molar refractivity (Wildman–Crippen MR) is 79.5 cm³/mol. The van der Waals surface area contributed by atoms with Crippen LogP contribution in [0.3, 0.4) is 0 Å². The molecule has 98 valence electrons. The molecule has 0 aliphatic heterocycles. The van der Waals surface area contributed by atoms with Crippen molar-refractivity contribution < 1.29 is 0 Å². The summed E-state index contributed by atoms with van der Waals surface area (Å²) in [5.41, 5.74) is 2.79.